The lowest BCUT2D eigenvalue weighted by Crippen LogP contribution is -2.49. The van der Waals surface area contributed by atoms with Crippen molar-refractivity contribution < 1.29 is 23.0 Å². The number of methoxy groups -OCH3 is 1. The van der Waals surface area contributed by atoms with Gasteiger partial charge < -0.3 is 14.4 Å². The lowest BCUT2D eigenvalue weighted by molar-refractivity contribution is 0.00144. The van der Waals surface area contributed by atoms with E-state index in [1.54, 1.807) is 43.5 Å². The average molecular weight is 501 g/mol. The second kappa shape index (κ2) is 11.6. The molecule has 1 aliphatic rings. The summed E-state index contributed by atoms with van der Waals surface area (Å²) >= 11 is 6.04. The van der Waals surface area contributed by atoms with Crippen molar-refractivity contribution in [3.8, 4) is 5.75 Å². The van der Waals surface area contributed by atoms with Crippen LogP contribution in [-0.2, 0) is 11.3 Å². The summed E-state index contributed by atoms with van der Waals surface area (Å²) in [6.45, 7) is 2.74. The molecule has 0 saturated carbocycles. The first-order chi connectivity index (χ1) is 16.9. The number of nitrogens with zero attached hydrogens (tertiary/aromatic N) is 2. The normalized spacial score (nSPS) is 15.1. The predicted octanol–water partition coefficient (Wildman–Crippen LogP) is 5.34. The highest BCUT2D eigenvalue weighted by atomic mass is 35.5. The van der Waals surface area contributed by atoms with Crippen LogP contribution >= 0.6 is 11.6 Å². The number of piperazine rings is 1. The summed E-state index contributed by atoms with van der Waals surface area (Å²) < 4.78 is 39.5. The van der Waals surface area contributed by atoms with Gasteiger partial charge in [0, 0.05) is 48.9 Å². The molecule has 0 aromatic heterocycles. The molecule has 5 nitrogen and oxygen atoms in total. The van der Waals surface area contributed by atoms with Crippen LogP contribution in [0.5, 0.6) is 5.75 Å². The molecule has 3 aromatic carbocycles. The second-order valence-corrected chi connectivity index (χ2v) is 8.81. The van der Waals surface area contributed by atoms with Gasteiger partial charge in [0.15, 0.2) is 0 Å². The van der Waals surface area contributed by atoms with Crippen molar-refractivity contribution in [2.45, 2.75) is 12.7 Å². The van der Waals surface area contributed by atoms with E-state index in [-0.39, 0.29) is 18.1 Å². The van der Waals surface area contributed by atoms with Crippen LogP contribution in [-0.4, -0.2) is 55.5 Å². The highest BCUT2D eigenvalue weighted by molar-refractivity contribution is 6.30. The number of carbonyl (C=O) groups excluding carboxylic acids is 1. The molecule has 0 bridgehead atoms. The van der Waals surface area contributed by atoms with Gasteiger partial charge in [-0.05, 0) is 48.0 Å². The van der Waals surface area contributed by atoms with Crippen molar-refractivity contribution in [1.29, 1.82) is 0 Å². The first-order valence-corrected chi connectivity index (χ1v) is 11.8. The van der Waals surface area contributed by atoms with E-state index in [0.717, 1.165) is 5.56 Å². The number of carbonyl (C=O) groups is 1. The molecule has 1 atom stereocenters. The maximum atomic E-state index is 14.1. The Morgan fingerprint density at radius 1 is 0.971 bits per heavy atom. The van der Waals surface area contributed by atoms with Gasteiger partial charge >= 0.3 is 0 Å². The van der Waals surface area contributed by atoms with Crippen LogP contribution in [0, 0.1) is 11.6 Å². The lowest BCUT2D eigenvalue weighted by atomic mass is 10.1. The molecule has 0 unspecified atom stereocenters. The summed E-state index contributed by atoms with van der Waals surface area (Å²) in [7, 11) is 1.57. The van der Waals surface area contributed by atoms with Gasteiger partial charge in [-0.1, -0.05) is 35.9 Å². The quantitative estimate of drug-likeness (QED) is 0.418. The minimum absolute atomic E-state index is 0.0379. The van der Waals surface area contributed by atoms with Crippen molar-refractivity contribution >= 4 is 17.5 Å². The van der Waals surface area contributed by atoms with Gasteiger partial charge in [0.25, 0.3) is 5.91 Å². The van der Waals surface area contributed by atoms with Crippen molar-refractivity contribution in [2.75, 3.05) is 39.8 Å². The van der Waals surface area contributed by atoms with Crippen LogP contribution in [0.2, 0.25) is 5.02 Å². The lowest BCUT2D eigenvalue weighted by Gasteiger charge is -2.36. The summed E-state index contributed by atoms with van der Waals surface area (Å²) in [5.74, 6) is -0.665. The number of hydrogen-bond acceptors (Lipinski definition) is 4. The van der Waals surface area contributed by atoms with E-state index in [1.165, 1.54) is 18.2 Å². The molecule has 8 heteroatoms. The predicted molar refractivity (Wildman–Crippen MR) is 131 cm³/mol. The van der Waals surface area contributed by atoms with Gasteiger partial charge in [-0.2, -0.15) is 0 Å². The third kappa shape index (κ3) is 6.36. The van der Waals surface area contributed by atoms with Crippen LogP contribution < -0.4 is 4.74 Å². The van der Waals surface area contributed by atoms with E-state index in [4.69, 9.17) is 21.1 Å². The molecule has 1 amide bonds. The van der Waals surface area contributed by atoms with E-state index in [0.29, 0.717) is 49.1 Å². The third-order valence-corrected chi connectivity index (χ3v) is 6.38. The van der Waals surface area contributed by atoms with E-state index < -0.39 is 17.7 Å². The van der Waals surface area contributed by atoms with E-state index in [9.17, 15) is 13.6 Å². The fraction of sp³-hybridized carbons (Fsp3) is 0.296. The first kappa shape index (κ1) is 25.1. The Morgan fingerprint density at radius 2 is 1.63 bits per heavy atom. The molecule has 1 fully saturated rings. The second-order valence-electron chi connectivity index (χ2n) is 8.38. The Bertz CT molecular complexity index is 1130. The molecule has 0 aliphatic carbocycles. The minimum Gasteiger partial charge on any atom is -0.497 e. The number of amides is 1. The van der Waals surface area contributed by atoms with E-state index in [2.05, 4.69) is 4.90 Å². The molecule has 1 saturated heterocycles. The summed E-state index contributed by atoms with van der Waals surface area (Å²) in [5.41, 5.74) is 1.35. The highest BCUT2D eigenvalue weighted by Crippen LogP contribution is 2.25. The zero-order chi connectivity index (χ0) is 24.8. The summed E-state index contributed by atoms with van der Waals surface area (Å²) in [6.07, 6.45) is -0.424. The molecular weight excluding hydrogens is 474 g/mol. The zero-order valence-corrected chi connectivity index (χ0v) is 20.2. The average Bonchev–Trinajstić information content (AvgIpc) is 2.88. The fourth-order valence-electron chi connectivity index (χ4n) is 4.09. The van der Waals surface area contributed by atoms with Gasteiger partial charge in [0.05, 0.1) is 19.8 Å². The summed E-state index contributed by atoms with van der Waals surface area (Å²) in [5, 5.41) is 0.595. The van der Waals surface area contributed by atoms with E-state index >= 15 is 0 Å². The van der Waals surface area contributed by atoms with Crippen LogP contribution in [0.4, 0.5) is 8.78 Å². The smallest absolute Gasteiger partial charge is 0.254 e. The molecular formula is C27H27ClF2N2O3. The molecule has 4 rings (SSSR count). The summed E-state index contributed by atoms with van der Waals surface area (Å²) in [6, 6.07) is 18.1. The van der Waals surface area contributed by atoms with Gasteiger partial charge in [-0.25, -0.2) is 8.78 Å². The molecule has 184 valence electrons. The topological polar surface area (TPSA) is 42.0 Å². The van der Waals surface area contributed by atoms with Gasteiger partial charge in [-0.3, -0.25) is 9.69 Å². The number of ether oxygens (including phenoxy) is 2. The van der Waals surface area contributed by atoms with Gasteiger partial charge in [0.2, 0.25) is 0 Å². The molecule has 0 radical (unpaired) electrons. The number of hydrogen-bond donors (Lipinski definition) is 0. The Hall–Kier alpha value is -3.00. The fourth-order valence-corrected chi connectivity index (χ4v) is 4.22. The van der Waals surface area contributed by atoms with Crippen LogP contribution in [0.1, 0.15) is 27.6 Å². The molecule has 3 aromatic rings. The van der Waals surface area contributed by atoms with Crippen LogP contribution in [0.15, 0.2) is 66.7 Å². The Kier molecular flexibility index (Phi) is 8.33. The monoisotopic (exact) mass is 500 g/mol. The largest absolute Gasteiger partial charge is 0.497 e. The Morgan fingerprint density at radius 3 is 2.29 bits per heavy atom. The van der Waals surface area contributed by atoms with E-state index in [1.807, 2.05) is 17.0 Å². The highest BCUT2D eigenvalue weighted by Gasteiger charge is 2.25. The zero-order valence-electron chi connectivity index (χ0n) is 19.4. The van der Waals surface area contributed by atoms with Crippen LogP contribution in [0.25, 0.3) is 0 Å². The van der Waals surface area contributed by atoms with Crippen molar-refractivity contribution in [1.82, 2.24) is 9.80 Å². The Balaban J connectivity index is 1.41. The van der Waals surface area contributed by atoms with Gasteiger partial charge in [0.1, 0.15) is 17.4 Å². The summed E-state index contributed by atoms with van der Waals surface area (Å²) in [4.78, 5) is 16.9. The molecule has 35 heavy (non-hydrogen) atoms. The maximum absolute atomic E-state index is 14.1. The third-order valence-electron chi connectivity index (χ3n) is 6.13. The molecule has 1 heterocycles. The van der Waals surface area contributed by atoms with Crippen molar-refractivity contribution in [3.05, 3.63) is 100 Å². The standard InChI is InChI=1S/C27H27ClF2N2O3/c1-34-22-5-2-4-20(16-22)27(33)32-14-12-31(13-15-32)17-26(19-8-10-21(28)11-9-19)35-18-23-24(29)6-3-7-25(23)30/h2-11,16,26H,12-15,17-18H2,1H3/t26-/m0/s1. The number of benzene rings is 3. The molecule has 0 N–H and O–H groups in total. The number of halogens is 3. The maximum Gasteiger partial charge on any atom is 0.254 e. The SMILES string of the molecule is COc1cccc(C(=O)N2CCN(C[C@H](OCc3c(F)cccc3F)c3ccc(Cl)cc3)CC2)c1. The van der Waals surface area contributed by atoms with Crippen molar-refractivity contribution in [3.63, 3.8) is 0 Å². The van der Waals surface area contributed by atoms with Crippen molar-refractivity contribution in [2.24, 2.45) is 0 Å². The Labute approximate surface area is 208 Å². The van der Waals surface area contributed by atoms with Crippen LogP contribution in [0.3, 0.4) is 0 Å². The van der Waals surface area contributed by atoms with Gasteiger partial charge in [-0.15, -0.1) is 0 Å². The first-order valence-electron chi connectivity index (χ1n) is 11.4. The number of rotatable bonds is 8. The molecule has 0 spiro atoms. The molecule has 1 aliphatic heterocycles. The minimum atomic E-state index is -0.635.